The molecule has 0 saturated carbocycles. The molecule has 18 heavy (non-hydrogen) atoms. The number of ether oxygens (including phenoxy) is 2. The Hall–Kier alpha value is -1.29. The third-order valence-electron chi connectivity index (χ3n) is 3.62. The van der Waals surface area contributed by atoms with Crippen molar-refractivity contribution in [3.05, 3.63) is 23.3 Å². The lowest BCUT2D eigenvalue weighted by Crippen LogP contribution is -2.29. The van der Waals surface area contributed by atoms with Crippen molar-refractivity contribution in [2.24, 2.45) is 0 Å². The molecular weight excluding hydrogens is 233 g/mol. The van der Waals surface area contributed by atoms with Gasteiger partial charge < -0.3 is 14.8 Å². The van der Waals surface area contributed by atoms with E-state index in [2.05, 4.69) is 5.32 Å². The van der Waals surface area contributed by atoms with Crippen LogP contribution in [-0.4, -0.2) is 26.3 Å². The normalized spacial score (nSPS) is 22.8. The van der Waals surface area contributed by atoms with Crippen molar-refractivity contribution >= 4 is 0 Å². The molecule has 0 aromatic heterocycles. The zero-order valence-electron chi connectivity index (χ0n) is 10.4. The molecule has 2 heterocycles. The van der Waals surface area contributed by atoms with Gasteiger partial charge in [0.15, 0.2) is 11.5 Å². The van der Waals surface area contributed by atoms with Gasteiger partial charge in [-0.25, -0.2) is 4.39 Å². The van der Waals surface area contributed by atoms with Gasteiger partial charge in [0.05, 0.1) is 0 Å². The maximum Gasteiger partial charge on any atom is 0.164 e. The Bertz CT molecular complexity index is 430. The van der Waals surface area contributed by atoms with Crippen molar-refractivity contribution < 1.29 is 13.9 Å². The van der Waals surface area contributed by atoms with E-state index in [9.17, 15) is 4.39 Å². The lowest BCUT2D eigenvalue weighted by Gasteiger charge is -2.28. The van der Waals surface area contributed by atoms with Crippen LogP contribution in [-0.2, 0) is 6.67 Å². The first-order valence-electron chi connectivity index (χ1n) is 6.57. The molecule has 1 atom stereocenters. The number of rotatable bonds is 2. The molecule has 0 radical (unpaired) electrons. The van der Waals surface area contributed by atoms with E-state index in [1.165, 1.54) is 0 Å². The molecule has 1 aromatic rings. The number of hydrogen-bond donors (Lipinski definition) is 1. The lowest BCUT2D eigenvalue weighted by atomic mass is 9.89. The van der Waals surface area contributed by atoms with Crippen molar-refractivity contribution in [1.82, 2.24) is 5.32 Å². The Morgan fingerprint density at radius 2 is 2.17 bits per heavy atom. The highest BCUT2D eigenvalue weighted by Crippen LogP contribution is 2.41. The van der Waals surface area contributed by atoms with Gasteiger partial charge in [0.2, 0.25) is 0 Å². The zero-order chi connectivity index (χ0) is 12.4. The molecule has 3 rings (SSSR count). The topological polar surface area (TPSA) is 30.5 Å². The number of fused-ring (bicyclic) bond motifs is 1. The van der Waals surface area contributed by atoms with E-state index in [1.807, 2.05) is 6.07 Å². The minimum atomic E-state index is -0.455. The third kappa shape index (κ3) is 2.17. The summed E-state index contributed by atoms with van der Waals surface area (Å²) in [6.45, 7) is 2.67. The summed E-state index contributed by atoms with van der Waals surface area (Å²) in [5.74, 6) is 1.94. The second kappa shape index (κ2) is 5.14. The van der Waals surface area contributed by atoms with Gasteiger partial charge in [0.1, 0.15) is 19.9 Å². The monoisotopic (exact) mass is 251 g/mol. The average molecular weight is 251 g/mol. The quantitative estimate of drug-likeness (QED) is 0.875. The first kappa shape index (κ1) is 11.8. The lowest BCUT2D eigenvalue weighted by molar-refractivity contribution is 0.168. The molecule has 2 aliphatic heterocycles. The van der Waals surface area contributed by atoms with Crippen LogP contribution in [0.4, 0.5) is 4.39 Å². The van der Waals surface area contributed by atoms with Gasteiger partial charge in [-0.05, 0) is 37.1 Å². The first-order chi connectivity index (χ1) is 8.88. The fourth-order valence-corrected chi connectivity index (χ4v) is 2.74. The summed E-state index contributed by atoms with van der Waals surface area (Å²) in [6, 6.07) is 3.69. The van der Waals surface area contributed by atoms with Crippen LogP contribution in [0.1, 0.15) is 29.9 Å². The zero-order valence-corrected chi connectivity index (χ0v) is 10.4. The molecule has 1 fully saturated rings. The molecule has 98 valence electrons. The minimum Gasteiger partial charge on any atom is -0.486 e. The number of benzene rings is 1. The standard InChI is InChI=1S/C14H18FNO2/c15-8-10-6-12(11-2-1-3-16-9-11)14-13(7-10)17-4-5-18-14/h6-7,11,16H,1-5,8-9H2. The van der Waals surface area contributed by atoms with E-state index in [0.717, 1.165) is 37.2 Å². The summed E-state index contributed by atoms with van der Waals surface area (Å²) < 4.78 is 24.2. The third-order valence-corrected chi connectivity index (χ3v) is 3.62. The van der Waals surface area contributed by atoms with Crippen LogP contribution < -0.4 is 14.8 Å². The SMILES string of the molecule is FCc1cc2c(c(C3CCCNC3)c1)OCCO2. The summed E-state index contributed by atoms with van der Waals surface area (Å²) in [6.07, 6.45) is 2.28. The number of piperidine rings is 1. The summed E-state index contributed by atoms with van der Waals surface area (Å²) in [7, 11) is 0. The fourth-order valence-electron chi connectivity index (χ4n) is 2.74. The van der Waals surface area contributed by atoms with Crippen LogP contribution in [0.15, 0.2) is 12.1 Å². The Balaban J connectivity index is 1.99. The van der Waals surface area contributed by atoms with Crippen LogP contribution >= 0.6 is 0 Å². The van der Waals surface area contributed by atoms with E-state index in [0.29, 0.717) is 30.4 Å². The van der Waals surface area contributed by atoms with Crippen molar-refractivity contribution in [2.45, 2.75) is 25.4 Å². The molecule has 0 bridgehead atoms. The predicted molar refractivity (Wildman–Crippen MR) is 67.1 cm³/mol. The summed E-state index contributed by atoms with van der Waals surface area (Å²) >= 11 is 0. The molecule has 1 unspecified atom stereocenters. The molecule has 0 aliphatic carbocycles. The van der Waals surface area contributed by atoms with Crippen LogP contribution in [0.5, 0.6) is 11.5 Å². The van der Waals surface area contributed by atoms with Gasteiger partial charge in [0.25, 0.3) is 0 Å². The van der Waals surface area contributed by atoms with Crippen LogP contribution in [0.25, 0.3) is 0 Å². The Kier molecular flexibility index (Phi) is 3.37. The maximum absolute atomic E-state index is 12.9. The highest BCUT2D eigenvalue weighted by Gasteiger charge is 2.24. The van der Waals surface area contributed by atoms with E-state index in [1.54, 1.807) is 6.07 Å². The maximum atomic E-state index is 12.9. The molecule has 2 aliphatic rings. The molecule has 1 aromatic carbocycles. The van der Waals surface area contributed by atoms with E-state index in [-0.39, 0.29) is 0 Å². The summed E-state index contributed by atoms with van der Waals surface area (Å²) in [5, 5.41) is 3.39. The second-order valence-corrected chi connectivity index (χ2v) is 4.89. The van der Waals surface area contributed by atoms with E-state index >= 15 is 0 Å². The van der Waals surface area contributed by atoms with Crippen molar-refractivity contribution in [1.29, 1.82) is 0 Å². The van der Waals surface area contributed by atoms with Gasteiger partial charge in [0, 0.05) is 18.0 Å². The van der Waals surface area contributed by atoms with Gasteiger partial charge in [-0.3, -0.25) is 0 Å². The number of nitrogens with one attached hydrogen (secondary N) is 1. The van der Waals surface area contributed by atoms with Crippen molar-refractivity contribution in [2.75, 3.05) is 26.3 Å². The Labute approximate surface area is 106 Å². The minimum absolute atomic E-state index is 0.403. The summed E-state index contributed by atoms with van der Waals surface area (Å²) in [5.41, 5.74) is 1.78. The molecular formula is C14H18FNO2. The van der Waals surface area contributed by atoms with E-state index in [4.69, 9.17) is 9.47 Å². The van der Waals surface area contributed by atoms with Gasteiger partial charge in [-0.2, -0.15) is 0 Å². The molecule has 1 N–H and O–H groups in total. The fraction of sp³-hybridized carbons (Fsp3) is 0.571. The summed E-state index contributed by atoms with van der Waals surface area (Å²) in [4.78, 5) is 0. The van der Waals surface area contributed by atoms with Gasteiger partial charge >= 0.3 is 0 Å². The molecule has 1 saturated heterocycles. The largest absolute Gasteiger partial charge is 0.486 e. The van der Waals surface area contributed by atoms with Gasteiger partial charge in [-0.15, -0.1) is 0 Å². The van der Waals surface area contributed by atoms with Crippen LogP contribution in [0.2, 0.25) is 0 Å². The molecule has 0 spiro atoms. The van der Waals surface area contributed by atoms with Gasteiger partial charge in [-0.1, -0.05) is 0 Å². The number of hydrogen-bond acceptors (Lipinski definition) is 3. The van der Waals surface area contributed by atoms with Crippen LogP contribution in [0.3, 0.4) is 0 Å². The highest BCUT2D eigenvalue weighted by molar-refractivity contribution is 5.52. The molecule has 0 amide bonds. The van der Waals surface area contributed by atoms with Crippen LogP contribution in [0, 0.1) is 0 Å². The van der Waals surface area contributed by atoms with Crippen molar-refractivity contribution in [3.8, 4) is 11.5 Å². The highest BCUT2D eigenvalue weighted by atomic mass is 19.1. The smallest absolute Gasteiger partial charge is 0.164 e. The number of halogens is 1. The second-order valence-electron chi connectivity index (χ2n) is 4.89. The average Bonchev–Trinajstić information content (AvgIpc) is 2.47. The predicted octanol–water partition coefficient (Wildman–Crippen LogP) is 2.39. The molecule has 3 nitrogen and oxygen atoms in total. The number of alkyl halides is 1. The van der Waals surface area contributed by atoms with Crippen molar-refractivity contribution in [3.63, 3.8) is 0 Å². The molecule has 4 heteroatoms. The van der Waals surface area contributed by atoms with E-state index < -0.39 is 6.67 Å². The first-order valence-corrected chi connectivity index (χ1v) is 6.57. The Morgan fingerprint density at radius 3 is 2.94 bits per heavy atom. The Morgan fingerprint density at radius 1 is 1.28 bits per heavy atom.